The topological polar surface area (TPSA) is 47.6 Å². The van der Waals surface area contributed by atoms with Crippen molar-refractivity contribution >= 4 is 18.7 Å². The Morgan fingerprint density at radius 2 is 2.14 bits per heavy atom. The molecule has 1 rings (SSSR count). The quantitative estimate of drug-likeness (QED) is 0.652. The van der Waals surface area contributed by atoms with Gasteiger partial charge in [0.15, 0.2) is 0 Å². The van der Waals surface area contributed by atoms with Crippen LogP contribution in [0.4, 0.5) is 4.79 Å². The predicted molar refractivity (Wildman–Crippen MR) is 56.8 cm³/mol. The molecule has 2 atom stereocenters. The summed E-state index contributed by atoms with van der Waals surface area (Å²) in [7, 11) is 0. The van der Waals surface area contributed by atoms with Crippen LogP contribution in [0.2, 0.25) is 0 Å². The molecule has 0 saturated carbocycles. The van der Waals surface area contributed by atoms with Crippen LogP contribution >= 0.6 is 12.6 Å². The van der Waals surface area contributed by atoms with E-state index in [0.29, 0.717) is 13.2 Å². The SMILES string of the molecule is CC(C)(C)OC(=O)N[C@H]1COC[C@H]1S. The van der Waals surface area contributed by atoms with E-state index in [1.54, 1.807) is 0 Å². The Labute approximate surface area is 89.7 Å². The van der Waals surface area contributed by atoms with Gasteiger partial charge in [-0.05, 0) is 20.8 Å². The van der Waals surface area contributed by atoms with Crippen LogP contribution in [0.5, 0.6) is 0 Å². The largest absolute Gasteiger partial charge is 0.444 e. The third kappa shape index (κ3) is 3.75. The number of amides is 1. The van der Waals surface area contributed by atoms with Crippen LogP contribution < -0.4 is 5.32 Å². The third-order valence-corrected chi connectivity index (χ3v) is 2.26. The first-order chi connectivity index (χ1) is 6.38. The lowest BCUT2D eigenvalue weighted by Gasteiger charge is -2.22. The zero-order chi connectivity index (χ0) is 10.8. The Bertz CT molecular complexity index is 215. The van der Waals surface area contributed by atoms with E-state index >= 15 is 0 Å². The van der Waals surface area contributed by atoms with Gasteiger partial charge in [0.25, 0.3) is 0 Å². The van der Waals surface area contributed by atoms with Gasteiger partial charge in [-0.15, -0.1) is 0 Å². The van der Waals surface area contributed by atoms with Gasteiger partial charge in [-0.25, -0.2) is 4.79 Å². The molecule has 4 nitrogen and oxygen atoms in total. The van der Waals surface area contributed by atoms with Gasteiger partial charge in [0, 0.05) is 5.25 Å². The molecule has 1 N–H and O–H groups in total. The van der Waals surface area contributed by atoms with Crippen molar-refractivity contribution in [3.05, 3.63) is 0 Å². The van der Waals surface area contributed by atoms with Crippen molar-refractivity contribution in [3.63, 3.8) is 0 Å². The number of carbonyl (C=O) groups excluding carboxylic acids is 1. The van der Waals surface area contributed by atoms with Gasteiger partial charge in [0.05, 0.1) is 19.3 Å². The van der Waals surface area contributed by atoms with Crippen LogP contribution in [0.3, 0.4) is 0 Å². The first-order valence-electron chi connectivity index (χ1n) is 4.64. The van der Waals surface area contributed by atoms with Crippen molar-refractivity contribution in [2.75, 3.05) is 13.2 Å². The number of thiol groups is 1. The summed E-state index contributed by atoms with van der Waals surface area (Å²) in [6.07, 6.45) is -0.410. The molecule has 0 aromatic rings. The van der Waals surface area contributed by atoms with E-state index in [9.17, 15) is 4.79 Å². The third-order valence-electron chi connectivity index (χ3n) is 1.75. The molecule has 14 heavy (non-hydrogen) atoms. The van der Waals surface area contributed by atoms with Gasteiger partial charge in [-0.1, -0.05) is 0 Å². The minimum absolute atomic E-state index is 0.0480. The van der Waals surface area contributed by atoms with Crippen molar-refractivity contribution in [1.29, 1.82) is 0 Å². The lowest BCUT2D eigenvalue weighted by Crippen LogP contribution is -2.43. The normalized spacial score (nSPS) is 27.4. The summed E-state index contributed by atoms with van der Waals surface area (Å²) in [6, 6.07) is -0.0480. The fourth-order valence-corrected chi connectivity index (χ4v) is 1.41. The highest BCUT2D eigenvalue weighted by Gasteiger charge is 2.28. The van der Waals surface area contributed by atoms with E-state index in [1.807, 2.05) is 20.8 Å². The Hall–Kier alpha value is -0.420. The van der Waals surface area contributed by atoms with Crippen LogP contribution in [0.15, 0.2) is 0 Å². The average molecular weight is 219 g/mol. The van der Waals surface area contributed by atoms with E-state index in [2.05, 4.69) is 17.9 Å². The Morgan fingerprint density at radius 3 is 2.57 bits per heavy atom. The predicted octanol–water partition coefficient (Wildman–Crippen LogP) is 1.21. The van der Waals surface area contributed by atoms with E-state index < -0.39 is 11.7 Å². The fraction of sp³-hybridized carbons (Fsp3) is 0.889. The minimum Gasteiger partial charge on any atom is -0.444 e. The van der Waals surface area contributed by atoms with Crippen LogP contribution in [0.25, 0.3) is 0 Å². The lowest BCUT2D eigenvalue weighted by molar-refractivity contribution is 0.0499. The van der Waals surface area contributed by atoms with E-state index in [0.717, 1.165) is 0 Å². The van der Waals surface area contributed by atoms with Gasteiger partial charge in [0.1, 0.15) is 5.60 Å². The van der Waals surface area contributed by atoms with Crippen LogP contribution in [-0.2, 0) is 9.47 Å². The minimum atomic E-state index is -0.463. The molecule has 0 aromatic heterocycles. The number of nitrogens with one attached hydrogen (secondary N) is 1. The van der Waals surface area contributed by atoms with Gasteiger partial charge in [-0.2, -0.15) is 12.6 Å². The molecule has 1 heterocycles. The smallest absolute Gasteiger partial charge is 0.407 e. The standard InChI is InChI=1S/C9H17NO3S/c1-9(2,3)13-8(11)10-6-4-12-5-7(6)14/h6-7,14H,4-5H2,1-3H3,(H,10,11)/t6-,7+/m0/s1. The summed E-state index contributed by atoms with van der Waals surface area (Å²) in [4.78, 5) is 11.3. The molecule has 0 bridgehead atoms. The van der Waals surface area contributed by atoms with E-state index in [4.69, 9.17) is 9.47 Å². The fourth-order valence-electron chi connectivity index (χ4n) is 1.14. The molecule has 0 aliphatic carbocycles. The molecule has 0 radical (unpaired) electrons. The maximum Gasteiger partial charge on any atom is 0.407 e. The van der Waals surface area contributed by atoms with Crippen molar-refractivity contribution in [2.24, 2.45) is 0 Å². The Kier molecular flexibility index (Phi) is 3.66. The molecule has 1 aliphatic heterocycles. The molecule has 0 spiro atoms. The van der Waals surface area contributed by atoms with Crippen molar-refractivity contribution in [3.8, 4) is 0 Å². The number of hydrogen-bond donors (Lipinski definition) is 2. The second-order valence-corrected chi connectivity index (χ2v) is 5.02. The molecular weight excluding hydrogens is 202 g/mol. The van der Waals surface area contributed by atoms with Crippen LogP contribution in [-0.4, -0.2) is 36.2 Å². The highest BCUT2D eigenvalue weighted by molar-refractivity contribution is 7.81. The highest BCUT2D eigenvalue weighted by Crippen LogP contribution is 2.13. The monoisotopic (exact) mass is 219 g/mol. The second kappa shape index (κ2) is 4.40. The Morgan fingerprint density at radius 1 is 1.50 bits per heavy atom. The first kappa shape index (κ1) is 11.7. The summed E-state index contributed by atoms with van der Waals surface area (Å²) in [5, 5.41) is 2.78. The molecule has 0 aromatic carbocycles. The zero-order valence-corrected chi connectivity index (χ0v) is 9.64. The highest BCUT2D eigenvalue weighted by atomic mass is 32.1. The first-order valence-corrected chi connectivity index (χ1v) is 5.15. The number of carbonyl (C=O) groups is 1. The number of ether oxygens (including phenoxy) is 2. The summed E-state index contributed by atoms with van der Waals surface area (Å²) < 4.78 is 10.3. The lowest BCUT2D eigenvalue weighted by atomic mass is 10.2. The summed E-state index contributed by atoms with van der Waals surface area (Å²) >= 11 is 4.28. The van der Waals surface area contributed by atoms with E-state index in [-0.39, 0.29) is 11.3 Å². The molecule has 5 heteroatoms. The second-order valence-electron chi connectivity index (χ2n) is 4.36. The molecule has 1 saturated heterocycles. The van der Waals surface area contributed by atoms with Crippen LogP contribution in [0, 0.1) is 0 Å². The van der Waals surface area contributed by atoms with Crippen molar-refractivity contribution < 1.29 is 14.3 Å². The zero-order valence-electron chi connectivity index (χ0n) is 8.74. The van der Waals surface area contributed by atoms with Gasteiger partial charge in [0.2, 0.25) is 0 Å². The van der Waals surface area contributed by atoms with Gasteiger partial charge >= 0.3 is 6.09 Å². The molecule has 82 valence electrons. The van der Waals surface area contributed by atoms with Gasteiger partial charge < -0.3 is 14.8 Å². The summed E-state index contributed by atoms with van der Waals surface area (Å²) in [5.41, 5.74) is -0.463. The van der Waals surface area contributed by atoms with Crippen LogP contribution in [0.1, 0.15) is 20.8 Å². The molecule has 1 amide bonds. The molecule has 1 aliphatic rings. The van der Waals surface area contributed by atoms with E-state index in [1.165, 1.54) is 0 Å². The van der Waals surface area contributed by atoms with Crippen molar-refractivity contribution in [1.82, 2.24) is 5.32 Å². The molecule has 1 fully saturated rings. The summed E-state index contributed by atoms with van der Waals surface area (Å²) in [5.74, 6) is 0. The maximum absolute atomic E-state index is 11.3. The maximum atomic E-state index is 11.3. The molecular formula is C9H17NO3S. The number of alkyl carbamates (subject to hydrolysis) is 1. The molecule has 0 unspecified atom stereocenters. The number of rotatable bonds is 1. The van der Waals surface area contributed by atoms with Crippen molar-refractivity contribution in [2.45, 2.75) is 37.7 Å². The average Bonchev–Trinajstić information content (AvgIpc) is 2.32. The van der Waals surface area contributed by atoms with Gasteiger partial charge in [-0.3, -0.25) is 0 Å². The Balaban J connectivity index is 2.33. The number of hydrogen-bond acceptors (Lipinski definition) is 4. The summed E-state index contributed by atoms with van der Waals surface area (Å²) in [6.45, 7) is 6.57.